The third-order valence-electron chi connectivity index (χ3n) is 3.25. The van der Waals surface area contributed by atoms with Gasteiger partial charge in [0.1, 0.15) is 5.75 Å². The van der Waals surface area contributed by atoms with Crippen molar-refractivity contribution >= 4 is 23.2 Å². The van der Waals surface area contributed by atoms with E-state index in [1.54, 1.807) is 13.3 Å². The molecule has 0 amide bonds. The van der Waals surface area contributed by atoms with Crippen molar-refractivity contribution in [2.45, 2.75) is 19.4 Å². The van der Waals surface area contributed by atoms with Crippen LogP contribution < -0.4 is 10.1 Å². The third-order valence-corrected chi connectivity index (χ3v) is 3.99. The Hall–Kier alpha value is -1.29. The van der Waals surface area contributed by atoms with Gasteiger partial charge in [0.25, 0.3) is 0 Å². The Morgan fingerprint density at radius 1 is 1.19 bits per heavy atom. The molecule has 21 heavy (non-hydrogen) atoms. The molecule has 0 spiro atoms. The number of benzene rings is 1. The van der Waals surface area contributed by atoms with Crippen molar-refractivity contribution < 1.29 is 4.74 Å². The number of aromatic nitrogens is 1. The van der Waals surface area contributed by atoms with Crippen molar-refractivity contribution in [2.24, 2.45) is 0 Å². The predicted molar refractivity (Wildman–Crippen MR) is 87.4 cm³/mol. The maximum absolute atomic E-state index is 6.08. The second-order valence-electron chi connectivity index (χ2n) is 4.72. The van der Waals surface area contributed by atoms with E-state index >= 15 is 0 Å². The van der Waals surface area contributed by atoms with Gasteiger partial charge in [-0.3, -0.25) is 4.98 Å². The Bertz CT molecular complexity index is 605. The standard InChI is InChI=1S/C16H18Cl2N2O/c1-3-20-16(12-8-13(21-2)10-19-9-12)7-11-4-5-14(17)15(18)6-11/h4-6,8-10,16,20H,3,7H2,1-2H3. The van der Waals surface area contributed by atoms with Crippen LogP contribution in [0, 0.1) is 0 Å². The monoisotopic (exact) mass is 324 g/mol. The summed E-state index contributed by atoms with van der Waals surface area (Å²) in [6, 6.07) is 7.87. The van der Waals surface area contributed by atoms with Gasteiger partial charge >= 0.3 is 0 Å². The second-order valence-corrected chi connectivity index (χ2v) is 5.54. The molecule has 1 atom stereocenters. The minimum atomic E-state index is 0.148. The molecule has 0 bridgehead atoms. The van der Waals surface area contributed by atoms with E-state index in [0.717, 1.165) is 29.8 Å². The van der Waals surface area contributed by atoms with E-state index in [-0.39, 0.29) is 6.04 Å². The maximum Gasteiger partial charge on any atom is 0.137 e. The van der Waals surface area contributed by atoms with Gasteiger partial charge < -0.3 is 10.1 Å². The fraction of sp³-hybridized carbons (Fsp3) is 0.312. The van der Waals surface area contributed by atoms with E-state index in [0.29, 0.717) is 10.0 Å². The molecular weight excluding hydrogens is 307 g/mol. The van der Waals surface area contributed by atoms with Crippen molar-refractivity contribution in [1.29, 1.82) is 0 Å². The Morgan fingerprint density at radius 2 is 2.00 bits per heavy atom. The number of nitrogens with one attached hydrogen (secondary N) is 1. The van der Waals surface area contributed by atoms with Gasteiger partial charge in [-0.1, -0.05) is 36.2 Å². The largest absolute Gasteiger partial charge is 0.495 e. The molecule has 0 aliphatic rings. The van der Waals surface area contributed by atoms with Crippen LogP contribution in [0.2, 0.25) is 10.0 Å². The smallest absolute Gasteiger partial charge is 0.137 e. The van der Waals surface area contributed by atoms with Gasteiger partial charge in [0.15, 0.2) is 0 Å². The number of rotatable bonds is 6. The molecule has 0 aliphatic carbocycles. The lowest BCUT2D eigenvalue weighted by molar-refractivity contribution is 0.410. The summed E-state index contributed by atoms with van der Waals surface area (Å²) in [6.07, 6.45) is 4.36. The van der Waals surface area contributed by atoms with Crippen LogP contribution in [0.1, 0.15) is 24.1 Å². The van der Waals surface area contributed by atoms with Crippen LogP contribution in [0.15, 0.2) is 36.7 Å². The zero-order valence-corrected chi connectivity index (χ0v) is 13.6. The topological polar surface area (TPSA) is 34.2 Å². The molecule has 0 radical (unpaired) electrons. The summed E-state index contributed by atoms with van der Waals surface area (Å²) in [5, 5.41) is 4.61. The number of hydrogen-bond donors (Lipinski definition) is 1. The van der Waals surface area contributed by atoms with Gasteiger partial charge in [0, 0.05) is 12.2 Å². The first kappa shape index (κ1) is 16.1. The van der Waals surface area contributed by atoms with Gasteiger partial charge in [0.05, 0.1) is 23.4 Å². The third kappa shape index (κ3) is 4.34. The Kier molecular flexibility index (Phi) is 5.85. The molecule has 2 aromatic rings. The van der Waals surface area contributed by atoms with Crippen LogP contribution in [-0.4, -0.2) is 18.6 Å². The summed E-state index contributed by atoms with van der Waals surface area (Å²) in [7, 11) is 1.64. The molecule has 0 saturated carbocycles. The summed E-state index contributed by atoms with van der Waals surface area (Å²) >= 11 is 12.0. The highest BCUT2D eigenvalue weighted by atomic mass is 35.5. The lowest BCUT2D eigenvalue weighted by atomic mass is 10.00. The first-order valence-electron chi connectivity index (χ1n) is 6.80. The van der Waals surface area contributed by atoms with E-state index in [1.807, 2.05) is 30.5 Å². The number of ether oxygens (including phenoxy) is 1. The van der Waals surface area contributed by atoms with Gasteiger partial charge in [0.2, 0.25) is 0 Å². The van der Waals surface area contributed by atoms with Crippen LogP contribution in [0.5, 0.6) is 5.75 Å². The number of methoxy groups -OCH3 is 1. The average molecular weight is 325 g/mol. The van der Waals surface area contributed by atoms with Gasteiger partial charge in [-0.25, -0.2) is 0 Å². The van der Waals surface area contributed by atoms with E-state index in [1.165, 1.54) is 0 Å². The first-order valence-corrected chi connectivity index (χ1v) is 7.56. The summed E-state index contributed by atoms with van der Waals surface area (Å²) in [5.41, 5.74) is 2.21. The summed E-state index contributed by atoms with van der Waals surface area (Å²) in [5.74, 6) is 0.754. The zero-order valence-electron chi connectivity index (χ0n) is 12.1. The van der Waals surface area contributed by atoms with Crippen molar-refractivity contribution in [1.82, 2.24) is 10.3 Å². The molecule has 1 unspecified atom stereocenters. The molecule has 3 nitrogen and oxygen atoms in total. The minimum absolute atomic E-state index is 0.148. The van der Waals surface area contributed by atoms with Gasteiger partial charge in [-0.05, 0) is 42.3 Å². The number of likely N-dealkylation sites (N-methyl/N-ethyl adjacent to an activating group) is 1. The molecule has 0 fully saturated rings. The van der Waals surface area contributed by atoms with E-state index < -0.39 is 0 Å². The van der Waals surface area contributed by atoms with Crippen LogP contribution >= 0.6 is 23.2 Å². The quantitative estimate of drug-likeness (QED) is 0.860. The zero-order chi connectivity index (χ0) is 15.2. The number of hydrogen-bond acceptors (Lipinski definition) is 3. The molecule has 1 N–H and O–H groups in total. The van der Waals surface area contributed by atoms with Crippen molar-refractivity contribution in [3.63, 3.8) is 0 Å². The van der Waals surface area contributed by atoms with Crippen LogP contribution in [-0.2, 0) is 6.42 Å². The molecular formula is C16H18Cl2N2O. The molecule has 1 aromatic carbocycles. The summed E-state index contributed by atoms with van der Waals surface area (Å²) < 4.78 is 5.24. The second kappa shape index (κ2) is 7.64. The van der Waals surface area contributed by atoms with E-state index in [4.69, 9.17) is 27.9 Å². The van der Waals surface area contributed by atoms with Gasteiger partial charge in [-0.15, -0.1) is 0 Å². The lowest BCUT2D eigenvalue weighted by Crippen LogP contribution is -2.23. The fourth-order valence-corrected chi connectivity index (χ4v) is 2.52. The lowest BCUT2D eigenvalue weighted by Gasteiger charge is -2.19. The van der Waals surface area contributed by atoms with Gasteiger partial charge in [-0.2, -0.15) is 0 Å². The van der Waals surface area contributed by atoms with E-state index in [9.17, 15) is 0 Å². The number of pyridine rings is 1. The SMILES string of the molecule is CCNC(Cc1ccc(Cl)c(Cl)c1)c1cncc(OC)c1. The highest BCUT2D eigenvalue weighted by Gasteiger charge is 2.13. The molecule has 1 heterocycles. The van der Waals surface area contributed by atoms with Crippen molar-refractivity contribution in [3.8, 4) is 5.75 Å². The Labute approximate surface area is 135 Å². The molecule has 0 saturated heterocycles. The molecule has 0 aliphatic heterocycles. The normalized spacial score (nSPS) is 12.2. The number of nitrogens with zero attached hydrogens (tertiary/aromatic N) is 1. The van der Waals surface area contributed by atoms with Crippen molar-refractivity contribution in [3.05, 3.63) is 57.8 Å². The maximum atomic E-state index is 6.08. The highest BCUT2D eigenvalue weighted by Crippen LogP contribution is 2.26. The van der Waals surface area contributed by atoms with Crippen LogP contribution in [0.3, 0.4) is 0 Å². The van der Waals surface area contributed by atoms with E-state index in [2.05, 4.69) is 17.2 Å². The summed E-state index contributed by atoms with van der Waals surface area (Å²) in [6.45, 7) is 2.94. The van der Waals surface area contributed by atoms with Crippen LogP contribution in [0.25, 0.3) is 0 Å². The number of halogens is 2. The Morgan fingerprint density at radius 3 is 2.67 bits per heavy atom. The summed E-state index contributed by atoms with van der Waals surface area (Å²) in [4.78, 5) is 4.22. The molecule has 112 valence electrons. The minimum Gasteiger partial charge on any atom is -0.495 e. The van der Waals surface area contributed by atoms with Crippen LogP contribution in [0.4, 0.5) is 0 Å². The molecule has 5 heteroatoms. The molecule has 2 rings (SSSR count). The van der Waals surface area contributed by atoms with Crippen molar-refractivity contribution in [2.75, 3.05) is 13.7 Å². The fourth-order valence-electron chi connectivity index (χ4n) is 2.19. The Balaban J connectivity index is 2.23. The molecule has 1 aromatic heterocycles. The predicted octanol–water partition coefficient (Wildman–Crippen LogP) is 4.29. The average Bonchev–Trinajstić information content (AvgIpc) is 2.50. The highest BCUT2D eigenvalue weighted by molar-refractivity contribution is 6.42. The first-order chi connectivity index (χ1) is 10.1.